The van der Waals surface area contributed by atoms with E-state index in [9.17, 15) is 0 Å². The van der Waals surface area contributed by atoms with Crippen molar-refractivity contribution in [3.8, 4) is 6.07 Å². The van der Waals surface area contributed by atoms with Gasteiger partial charge in [-0.1, -0.05) is 0 Å². The normalized spacial score (nSPS) is 12.6. The number of aryl methyl sites for hydroxylation is 2. The highest BCUT2D eigenvalue weighted by Crippen LogP contribution is 2.22. The summed E-state index contributed by atoms with van der Waals surface area (Å²) in [6, 6.07) is 6.20. The molecule has 1 heterocycles. The summed E-state index contributed by atoms with van der Waals surface area (Å²) < 4.78 is 0. The van der Waals surface area contributed by atoms with Crippen LogP contribution in [0.2, 0.25) is 0 Å². The molecule has 0 aliphatic carbocycles. The molecule has 0 radical (unpaired) electrons. The van der Waals surface area contributed by atoms with Crippen LogP contribution in [0.25, 0.3) is 11.0 Å². The number of H-pyrrole nitrogens is 1. The monoisotopic (exact) mass is 229 g/mol. The summed E-state index contributed by atoms with van der Waals surface area (Å²) in [5.41, 5.74) is 4.21. The van der Waals surface area contributed by atoms with E-state index in [1.54, 1.807) is 0 Å². The van der Waals surface area contributed by atoms with Crippen LogP contribution in [0.4, 0.5) is 0 Å². The molecule has 0 saturated carbocycles. The lowest BCUT2D eigenvalue weighted by Gasteiger charge is -2.01. The van der Waals surface area contributed by atoms with Crippen LogP contribution in [-0.4, -0.2) is 21.7 Å². The first-order valence-corrected chi connectivity index (χ1v) is 5.63. The molecule has 2 rings (SSSR count). The average Bonchev–Trinajstić information content (AvgIpc) is 2.69. The number of rotatable bonds is 3. The molecule has 88 valence electrons. The fourth-order valence-electron chi connectivity index (χ4n) is 1.85. The zero-order valence-electron chi connectivity index (χ0n) is 9.99. The molecule has 0 bridgehead atoms. The lowest BCUT2D eigenvalue weighted by atomic mass is 10.1. The molecule has 0 aliphatic rings. The second-order valence-electron chi connectivity index (χ2n) is 4.27. The maximum Gasteiger partial charge on any atom is 0.124 e. The third kappa shape index (κ3) is 2.15. The maximum absolute atomic E-state index is 9.02. The van der Waals surface area contributed by atoms with Crippen LogP contribution >= 0.6 is 0 Å². The van der Waals surface area contributed by atoms with Crippen molar-refractivity contribution < 1.29 is 5.11 Å². The summed E-state index contributed by atoms with van der Waals surface area (Å²) in [5, 5.41) is 17.9. The molecule has 0 aliphatic heterocycles. The first kappa shape index (κ1) is 11.6. The Morgan fingerprint density at radius 1 is 1.41 bits per heavy atom. The highest BCUT2D eigenvalue weighted by atomic mass is 16.3. The quantitative estimate of drug-likeness (QED) is 0.847. The summed E-state index contributed by atoms with van der Waals surface area (Å²) in [6.45, 7) is 4.08. The number of nitrogens with zero attached hydrogens (tertiary/aromatic N) is 2. The topological polar surface area (TPSA) is 72.7 Å². The van der Waals surface area contributed by atoms with E-state index in [1.807, 2.05) is 26.0 Å². The molecule has 17 heavy (non-hydrogen) atoms. The number of aromatic nitrogens is 2. The highest BCUT2D eigenvalue weighted by Gasteiger charge is 2.14. The second-order valence-corrected chi connectivity index (χ2v) is 4.27. The van der Waals surface area contributed by atoms with Crippen LogP contribution in [-0.2, 0) is 0 Å². The smallest absolute Gasteiger partial charge is 0.124 e. The van der Waals surface area contributed by atoms with Gasteiger partial charge in [0.15, 0.2) is 0 Å². The fourth-order valence-corrected chi connectivity index (χ4v) is 1.85. The molecule has 1 aromatic heterocycles. The van der Waals surface area contributed by atoms with Gasteiger partial charge in [-0.2, -0.15) is 5.26 Å². The van der Waals surface area contributed by atoms with E-state index < -0.39 is 0 Å². The minimum Gasteiger partial charge on any atom is -0.396 e. The minimum absolute atomic E-state index is 0.00662. The zero-order chi connectivity index (χ0) is 12.4. The molecule has 2 N–H and O–H groups in total. The molecule has 4 heteroatoms. The number of imidazole rings is 1. The summed E-state index contributed by atoms with van der Waals surface area (Å²) in [4.78, 5) is 7.57. The Balaban J connectivity index is 2.47. The molecule has 0 fully saturated rings. The van der Waals surface area contributed by atoms with Crippen molar-refractivity contribution in [1.29, 1.82) is 5.26 Å². The lowest BCUT2D eigenvalue weighted by molar-refractivity contribution is 0.282. The highest BCUT2D eigenvalue weighted by molar-refractivity contribution is 5.77. The number of nitrogens with one attached hydrogen (secondary N) is 1. The Morgan fingerprint density at radius 3 is 2.76 bits per heavy atom. The second kappa shape index (κ2) is 4.56. The largest absolute Gasteiger partial charge is 0.396 e. The van der Waals surface area contributed by atoms with Crippen molar-refractivity contribution in [2.75, 3.05) is 6.61 Å². The van der Waals surface area contributed by atoms with Gasteiger partial charge in [-0.3, -0.25) is 0 Å². The first-order valence-electron chi connectivity index (χ1n) is 5.63. The van der Waals surface area contributed by atoms with Crippen molar-refractivity contribution in [3.63, 3.8) is 0 Å². The molecule has 0 spiro atoms. The van der Waals surface area contributed by atoms with Gasteiger partial charge in [0.2, 0.25) is 0 Å². The van der Waals surface area contributed by atoms with Crippen molar-refractivity contribution >= 4 is 11.0 Å². The van der Waals surface area contributed by atoms with Crippen molar-refractivity contribution in [1.82, 2.24) is 9.97 Å². The predicted molar refractivity (Wildman–Crippen MR) is 65.6 cm³/mol. The molecule has 4 nitrogen and oxygen atoms in total. The number of benzene rings is 1. The van der Waals surface area contributed by atoms with Crippen molar-refractivity contribution in [2.45, 2.75) is 26.2 Å². The van der Waals surface area contributed by atoms with Crippen LogP contribution in [0.15, 0.2) is 12.1 Å². The van der Waals surface area contributed by atoms with E-state index in [4.69, 9.17) is 10.4 Å². The van der Waals surface area contributed by atoms with Gasteiger partial charge in [0.25, 0.3) is 0 Å². The number of aromatic amines is 1. The van der Waals surface area contributed by atoms with E-state index in [-0.39, 0.29) is 12.5 Å². The Hall–Kier alpha value is -1.86. The molecule has 1 aromatic carbocycles. The van der Waals surface area contributed by atoms with Crippen LogP contribution < -0.4 is 0 Å². The van der Waals surface area contributed by atoms with Gasteiger partial charge in [0.1, 0.15) is 11.7 Å². The van der Waals surface area contributed by atoms with Crippen LogP contribution in [0.5, 0.6) is 0 Å². The number of fused-ring (bicyclic) bond motifs is 1. The van der Waals surface area contributed by atoms with E-state index in [1.165, 1.54) is 11.1 Å². The lowest BCUT2D eigenvalue weighted by Crippen LogP contribution is -2.00. The third-order valence-electron chi connectivity index (χ3n) is 3.02. The van der Waals surface area contributed by atoms with Gasteiger partial charge < -0.3 is 10.1 Å². The summed E-state index contributed by atoms with van der Waals surface area (Å²) >= 11 is 0. The molecular weight excluding hydrogens is 214 g/mol. The van der Waals surface area contributed by atoms with Gasteiger partial charge >= 0.3 is 0 Å². The number of hydrogen-bond donors (Lipinski definition) is 2. The molecule has 1 atom stereocenters. The van der Waals surface area contributed by atoms with E-state index >= 15 is 0 Å². The number of aliphatic hydroxyl groups is 1. The van der Waals surface area contributed by atoms with E-state index in [0.717, 1.165) is 11.0 Å². The van der Waals surface area contributed by atoms with Gasteiger partial charge in [0.05, 0.1) is 17.1 Å². The molecule has 0 amide bonds. The van der Waals surface area contributed by atoms with Gasteiger partial charge in [-0.05, 0) is 43.5 Å². The zero-order valence-corrected chi connectivity index (χ0v) is 9.99. The van der Waals surface area contributed by atoms with Crippen LogP contribution in [0.3, 0.4) is 0 Å². The fraction of sp³-hybridized carbons (Fsp3) is 0.385. The third-order valence-corrected chi connectivity index (χ3v) is 3.02. The minimum atomic E-state index is -0.368. The van der Waals surface area contributed by atoms with Crippen molar-refractivity contribution in [2.24, 2.45) is 0 Å². The Morgan fingerprint density at radius 2 is 2.12 bits per heavy atom. The van der Waals surface area contributed by atoms with Crippen molar-refractivity contribution in [3.05, 3.63) is 29.1 Å². The predicted octanol–water partition coefficient (Wildman–Crippen LogP) is 2.17. The summed E-state index contributed by atoms with van der Waals surface area (Å²) in [5.74, 6) is 0.273. The Kier molecular flexibility index (Phi) is 3.12. The Labute approximate surface area is 99.9 Å². The molecule has 2 aromatic rings. The maximum atomic E-state index is 9.02. The Bertz CT molecular complexity index is 541. The van der Waals surface area contributed by atoms with Crippen LogP contribution in [0, 0.1) is 25.2 Å². The van der Waals surface area contributed by atoms with E-state index in [2.05, 4.69) is 16.0 Å². The molecule has 1 unspecified atom stereocenters. The van der Waals surface area contributed by atoms with Gasteiger partial charge in [-0.15, -0.1) is 0 Å². The SMILES string of the molecule is Cc1cc2nc(C(C#N)CCO)[nH]c2cc1C. The van der Waals surface area contributed by atoms with E-state index in [0.29, 0.717) is 12.2 Å². The number of nitriles is 1. The standard InChI is InChI=1S/C13H15N3O/c1-8-5-11-12(6-9(8)2)16-13(15-11)10(7-14)3-4-17/h5-6,10,17H,3-4H2,1-2H3,(H,15,16). The summed E-state index contributed by atoms with van der Waals surface area (Å²) in [6.07, 6.45) is 0.411. The molecular formula is C13H15N3O. The summed E-state index contributed by atoms with van der Waals surface area (Å²) in [7, 11) is 0. The van der Waals surface area contributed by atoms with Gasteiger partial charge in [-0.25, -0.2) is 4.98 Å². The van der Waals surface area contributed by atoms with Crippen LogP contribution in [0.1, 0.15) is 29.3 Å². The molecule has 0 saturated heterocycles. The number of aliphatic hydroxyl groups excluding tert-OH is 1. The first-order chi connectivity index (χ1) is 8.15. The average molecular weight is 229 g/mol. The number of hydrogen-bond acceptors (Lipinski definition) is 3. The van der Waals surface area contributed by atoms with Gasteiger partial charge in [0, 0.05) is 6.61 Å².